The van der Waals surface area contributed by atoms with Crippen molar-refractivity contribution in [2.24, 2.45) is 0 Å². The summed E-state index contributed by atoms with van der Waals surface area (Å²) in [7, 11) is 0. The Bertz CT molecular complexity index is 802. The number of ether oxygens (including phenoxy) is 1. The van der Waals surface area contributed by atoms with Crippen LogP contribution in [0.4, 0.5) is 13.2 Å². The highest BCUT2D eigenvalue weighted by atomic mass is 19.4. The van der Waals surface area contributed by atoms with Crippen molar-refractivity contribution in [2.75, 3.05) is 6.61 Å². The summed E-state index contributed by atoms with van der Waals surface area (Å²) in [6, 6.07) is 7.83. The molecule has 1 aromatic heterocycles. The van der Waals surface area contributed by atoms with Gasteiger partial charge in [-0.05, 0) is 18.2 Å². The Balaban J connectivity index is 2.00. The molecule has 0 aliphatic heterocycles. The van der Waals surface area contributed by atoms with Crippen LogP contribution in [-0.4, -0.2) is 27.4 Å². The fourth-order valence-electron chi connectivity index (χ4n) is 1.95. The highest BCUT2D eigenvalue weighted by molar-refractivity contribution is 5.36. The molecule has 124 valence electrons. The van der Waals surface area contributed by atoms with E-state index in [1.165, 1.54) is 23.0 Å². The Morgan fingerprint density at radius 2 is 2.04 bits per heavy atom. The molecule has 2 rings (SSSR count). The molecule has 0 amide bonds. The molecule has 1 unspecified atom stereocenters. The first-order valence-electron chi connectivity index (χ1n) is 6.68. The standard InChI is InChI=1S/C15H11F3N4O2/c16-15(17,18)10-2-1-3-12(4-10)24-8-11(23)7-22-9-21-13(5-19)14(22)6-20/h1-4,9,11,23H,7-8H2. The van der Waals surface area contributed by atoms with E-state index in [1.54, 1.807) is 12.1 Å². The first-order chi connectivity index (χ1) is 11.3. The molecule has 0 spiro atoms. The van der Waals surface area contributed by atoms with E-state index < -0.39 is 17.8 Å². The summed E-state index contributed by atoms with van der Waals surface area (Å²) in [6.07, 6.45) is -4.36. The highest BCUT2D eigenvalue weighted by Crippen LogP contribution is 2.31. The van der Waals surface area contributed by atoms with Gasteiger partial charge in [-0.2, -0.15) is 23.7 Å². The van der Waals surface area contributed by atoms with Gasteiger partial charge in [-0.1, -0.05) is 6.07 Å². The lowest BCUT2D eigenvalue weighted by atomic mass is 10.2. The topological polar surface area (TPSA) is 94.9 Å². The molecule has 0 aliphatic carbocycles. The molecule has 1 N–H and O–H groups in total. The Morgan fingerprint density at radius 1 is 1.29 bits per heavy atom. The molecule has 24 heavy (non-hydrogen) atoms. The molecule has 0 saturated carbocycles. The monoisotopic (exact) mass is 336 g/mol. The predicted octanol–water partition coefficient (Wildman–Crippen LogP) is 2.09. The summed E-state index contributed by atoms with van der Waals surface area (Å²) in [6.45, 7) is -0.372. The largest absolute Gasteiger partial charge is 0.491 e. The Hall–Kier alpha value is -3.04. The quantitative estimate of drug-likeness (QED) is 0.902. The van der Waals surface area contributed by atoms with E-state index in [9.17, 15) is 18.3 Å². The zero-order valence-electron chi connectivity index (χ0n) is 12.2. The van der Waals surface area contributed by atoms with Gasteiger partial charge in [0.25, 0.3) is 0 Å². The van der Waals surface area contributed by atoms with Crippen LogP contribution >= 0.6 is 0 Å². The number of hydrogen-bond acceptors (Lipinski definition) is 5. The number of aliphatic hydroxyl groups excluding tert-OH is 1. The van der Waals surface area contributed by atoms with Crippen LogP contribution in [0.5, 0.6) is 5.75 Å². The van der Waals surface area contributed by atoms with Crippen LogP contribution in [0, 0.1) is 22.7 Å². The molecule has 0 aliphatic rings. The minimum atomic E-state index is -4.48. The summed E-state index contributed by atoms with van der Waals surface area (Å²) in [5, 5.41) is 27.7. The number of benzene rings is 1. The van der Waals surface area contributed by atoms with Gasteiger partial charge in [0.05, 0.1) is 18.4 Å². The van der Waals surface area contributed by atoms with Crippen LogP contribution in [0.3, 0.4) is 0 Å². The van der Waals surface area contributed by atoms with Gasteiger partial charge >= 0.3 is 6.18 Å². The smallest absolute Gasteiger partial charge is 0.416 e. The Morgan fingerprint density at radius 3 is 2.67 bits per heavy atom. The van der Waals surface area contributed by atoms with Crippen LogP contribution in [0.1, 0.15) is 17.0 Å². The highest BCUT2D eigenvalue weighted by Gasteiger charge is 2.30. The number of hydrogen-bond donors (Lipinski definition) is 1. The second-order valence-electron chi connectivity index (χ2n) is 4.81. The fourth-order valence-corrected chi connectivity index (χ4v) is 1.95. The Labute approximate surface area is 135 Å². The molecular formula is C15H11F3N4O2. The maximum Gasteiger partial charge on any atom is 0.416 e. The van der Waals surface area contributed by atoms with E-state index in [0.717, 1.165) is 12.1 Å². The molecule has 1 aromatic carbocycles. The zero-order chi connectivity index (χ0) is 17.7. The molecular weight excluding hydrogens is 325 g/mol. The van der Waals surface area contributed by atoms with Gasteiger partial charge in [-0.3, -0.25) is 0 Å². The molecule has 0 bridgehead atoms. The number of aliphatic hydroxyl groups is 1. The maximum atomic E-state index is 12.6. The van der Waals surface area contributed by atoms with Crippen molar-refractivity contribution in [3.63, 3.8) is 0 Å². The van der Waals surface area contributed by atoms with Crippen LogP contribution in [0.25, 0.3) is 0 Å². The first-order valence-corrected chi connectivity index (χ1v) is 6.68. The maximum absolute atomic E-state index is 12.6. The lowest BCUT2D eigenvalue weighted by Gasteiger charge is -2.14. The van der Waals surface area contributed by atoms with Gasteiger partial charge in [0.2, 0.25) is 0 Å². The second-order valence-corrected chi connectivity index (χ2v) is 4.81. The average Bonchev–Trinajstić information content (AvgIpc) is 2.94. The second kappa shape index (κ2) is 7.02. The van der Waals surface area contributed by atoms with Crippen molar-refractivity contribution < 1.29 is 23.0 Å². The van der Waals surface area contributed by atoms with Crippen molar-refractivity contribution in [1.82, 2.24) is 9.55 Å². The Kier molecular flexibility index (Phi) is 5.07. The molecule has 9 heteroatoms. The van der Waals surface area contributed by atoms with E-state index in [1.807, 2.05) is 0 Å². The number of imidazole rings is 1. The van der Waals surface area contributed by atoms with Gasteiger partial charge < -0.3 is 14.4 Å². The van der Waals surface area contributed by atoms with E-state index in [0.29, 0.717) is 0 Å². The molecule has 6 nitrogen and oxygen atoms in total. The van der Waals surface area contributed by atoms with Gasteiger partial charge in [0.15, 0.2) is 11.4 Å². The summed E-state index contributed by atoms with van der Waals surface area (Å²) in [5.74, 6) is -0.0345. The molecule has 0 radical (unpaired) electrons. The minimum Gasteiger partial charge on any atom is -0.491 e. The van der Waals surface area contributed by atoms with Gasteiger partial charge in [-0.15, -0.1) is 0 Å². The van der Waals surface area contributed by atoms with Gasteiger partial charge in [0.1, 0.15) is 30.6 Å². The SMILES string of the molecule is N#Cc1ncn(CC(O)COc2cccc(C(F)(F)F)c2)c1C#N. The van der Waals surface area contributed by atoms with Gasteiger partial charge in [0, 0.05) is 0 Å². The lowest BCUT2D eigenvalue weighted by molar-refractivity contribution is -0.137. The number of halogens is 3. The number of alkyl halides is 3. The van der Waals surface area contributed by atoms with Crippen molar-refractivity contribution >= 4 is 0 Å². The van der Waals surface area contributed by atoms with Crippen molar-refractivity contribution in [2.45, 2.75) is 18.8 Å². The summed E-state index contributed by atoms with van der Waals surface area (Å²) < 4.78 is 44.2. The van der Waals surface area contributed by atoms with Crippen LogP contribution in [0.15, 0.2) is 30.6 Å². The molecule has 0 saturated heterocycles. The summed E-state index contributed by atoms with van der Waals surface area (Å²) >= 11 is 0. The van der Waals surface area contributed by atoms with Crippen LogP contribution in [-0.2, 0) is 12.7 Å². The number of aromatic nitrogens is 2. The first kappa shape index (κ1) is 17.3. The third-order valence-electron chi connectivity index (χ3n) is 3.06. The minimum absolute atomic E-state index is 0.00406. The van der Waals surface area contributed by atoms with E-state index >= 15 is 0 Å². The molecule has 2 aromatic rings. The summed E-state index contributed by atoms with van der Waals surface area (Å²) in [5.41, 5.74) is -0.923. The molecule has 1 atom stereocenters. The van der Waals surface area contributed by atoms with Crippen molar-refractivity contribution in [1.29, 1.82) is 10.5 Å². The number of nitriles is 2. The number of rotatable bonds is 5. The third-order valence-corrected chi connectivity index (χ3v) is 3.06. The molecule has 0 fully saturated rings. The predicted molar refractivity (Wildman–Crippen MR) is 74.6 cm³/mol. The van der Waals surface area contributed by atoms with Crippen LogP contribution in [0.2, 0.25) is 0 Å². The molecule has 1 heterocycles. The van der Waals surface area contributed by atoms with Gasteiger partial charge in [-0.25, -0.2) is 4.98 Å². The zero-order valence-corrected chi connectivity index (χ0v) is 12.2. The third kappa shape index (κ3) is 4.03. The average molecular weight is 336 g/mol. The normalized spacial score (nSPS) is 12.2. The fraction of sp³-hybridized carbons (Fsp3) is 0.267. The van der Waals surface area contributed by atoms with Crippen molar-refractivity contribution in [3.8, 4) is 17.9 Å². The summed E-state index contributed by atoms with van der Waals surface area (Å²) in [4.78, 5) is 3.72. The van der Waals surface area contributed by atoms with E-state index in [-0.39, 0.29) is 30.3 Å². The van der Waals surface area contributed by atoms with E-state index in [2.05, 4.69) is 4.98 Å². The van der Waals surface area contributed by atoms with E-state index in [4.69, 9.17) is 15.3 Å². The van der Waals surface area contributed by atoms with Crippen LogP contribution < -0.4 is 4.74 Å². The lowest BCUT2D eigenvalue weighted by Crippen LogP contribution is -2.24. The van der Waals surface area contributed by atoms with Crippen molar-refractivity contribution in [3.05, 3.63) is 47.5 Å². The number of nitrogens with zero attached hydrogens (tertiary/aromatic N) is 4.